The van der Waals surface area contributed by atoms with E-state index < -0.39 is 0 Å². The van der Waals surface area contributed by atoms with Crippen LogP contribution in [0.5, 0.6) is 0 Å². The largest absolute Gasteiger partial charge is 0.353 e. The van der Waals surface area contributed by atoms with Gasteiger partial charge in [-0.25, -0.2) is 4.98 Å². The van der Waals surface area contributed by atoms with Gasteiger partial charge < -0.3 is 4.90 Å². The molecule has 75 valence electrons. The van der Waals surface area contributed by atoms with Gasteiger partial charge in [0, 0.05) is 38.6 Å². The highest BCUT2D eigenvalue weighted by atomic mass is 15.3. The number of piperazine rings is 1. The third-order valence-electron chi connectivity index (χ3n) is 2.56. The van der Waals surface area contributed by atoms with Crippen LogP contribution in [0.3, 0.4) is 0 Å². The summed E-state index contributed by atoms with van der Waals surface area (Å²) in [5.74, 6) is 0.983. The van der Waals surface area contributed by atoms with Gasteiger partial charge in [-0.3, -0.25) is 9.88 Å². The van der Waals surface area contributed by atoms with Crippen molar-refractivity contribution in [2.75, 3.05) is 37.6 Å². The average Bonchev–Trinajstić information content (AvgIpc) is 2.30. The minimum Gasteiger partial charge on any atom is -0.353 e. The highest BCUT2D eigenvalue weighted by Gasteiger charge is 2.16. The number of anilines is 1. The van der Waals surface area contributed by atoms with Gasteiger partial charge in [-0.05, 0) is 13.5 Å². The van der Waals surface area contributed by atoms with Crippen LogP contribution >= 0.6 is 0 Å². The Balaban J connectivity index is 1.96. The minimum absolute atomic E-state index is 0.897. The van der Waals surface area contributed by atoms with Crippen LogP contribution in [0.2, 0.25) is 0 Å². The van der Waals surface area contributed by atoms with E-state index in [1.807, 2.05) is 6.20 Å². The Kier molecular flexibility index (Phi) is 2.93. The topological polar surface area (TPSA) is 32.3 Å². The van der Waals surface area contributed by atoms with Crippen molar-refractivity contribution in [3.8, 4) is 0 Å². The molecule has 4 heteroatoms. The monoisotopic (exact) mass is 191 g/mol. The molecular weight excluding hydrogens is 176 g/mol. The average molecular weight is 191 g/mol. The Morgan fingerprint density at radius 2 is 2.00 bits per heavy atom. The van der Waals surface area contributed by atoms with Crippen molar-refractivity contribution in [2.45, 2.75) is 0 Å². The Morgan fingerprint density at radius 3 is 2.57 bits per heavy atom. The van der Waals surface area contributed by atoms with Gasteiger partial charge in [0.15, 0.2) is 0 Å². The first-order valence-corrected chi connectivity index (χ1v) is 4.92. The van der Waals surface area contributed by atoms with E-state index in [1.54, 1.807) is 12.4 Å². The van der Waals surface area contributed by atoms with Crippen molar-refractivity contribution in [3.05, 3.63) is 25.5 Å². The second kappa shape index (κ2) is 4.37. The van der Waals surface area contributed by atoms with E-state index >= 15 is 0 Å². The summed E-state index contributed by atoms with van der Waals surface area (Å²) in [5.41, 5.74) is 0. The molecule has 1 aromatic rings. The van der Waals surface area contributed by atoms with Crippen LogP contribution in [0.15, 0.2) is 18.6 Å². The molecule has 2 heterocycles. The van der Waals surface area contributed by atoms with Crippen molar-refractivity contribution >= 4 is 5.82 Å². The Hall–Kier alpha value is -1.16. The lowest BCUT2D eigenvalue weighted by Gasteiger charge is -2.34. The first-order chi connectivity index (χ1) is 6.90. The summed E-state index contributed by atoms with van der Waals surface area (Å²) in [6.45, 7) is 8.97. The van der Waals surface area contributed by atoms with Crippen molar-refractivity contribution < 1.29 is 0 Å². The van der Waals surface area contributed by atoms with Crippen molar-refractivity contribution in [1.82, 2.24) is 14.9 Å². The van der Waals surface area contributed by atoms with Gasteiger partial charge in [-0.15, -0.1) is 0 Å². The van der Waals surface area contributed by atoms with Crippen LogP contribution in [-0.2, 0) is 0 Å². The van der Waals surface area contributed by atoms with E-state index in [4.69, 9.17) is 0 Å². The summed E-state index contributed by atoms with van der Waals surface area (Å²) in [5, 5.41) is 0. The van der Waals surface area contributed by atoms with E-state index in [-0.39, 0.29) is 0 Å². The molecule has 0 aromatic carbocycles. The zero-order valence-corrected chi connectivity index (χ0v) is 8.26. The van der Waals surface area contributed by atoms with Gasteiger partial charge >= 0.3 is 0 Å². The molecule has 1 saturated heterocycles. The van der Waals surface area contributed by atoms with Crippen LogP contribution in [0.25, 0.3) is 0 Å². The normalized spacial score (nSPS) is 18.5. The van der Waals surface area contributed by atoms with Gasteiger partial charge in [-0.2, -0.15) is 0 Å². The number of hydrogen-bond acceptors (Lipinski definition) is 4. The third kappa shape index (κ3) is 2.01. The lowest BCUT2D eigenvalue weighted by molar-refractivity contribution is 0.282. The molecule has 1 aliphatic rings. The number of nitrogens with zero attached hydrogens (tertiary/aromatic N) is 4. The molecule has 0 spiro atoms. The van der Waals surface area contributed by atoms with Gasteiger partial charge in [0.25, 0.3) is 0 Å². The molecule has 0 bridgehead atoms. The maximum Gasteiger partial charge on any atom is 0.147 e. The smallest absolute Gasteiger partial charge is 0.147 e. The van der Waals surface area contributed by atoms with E-state index in [1.165, 1.54) is 0 Å². The Bertz CT molecular complexity index is 267. The molecular formula is C10H15N4. The summed E-state index contributed by atoms with van der Waals surface area (Å²) in [6.07, 6.45) is 5.26. The standard InChI is InChI=1S/C10H15N4/c1-2-13-5-7-14(8-6-13)10-9-11-3-4-12-10/h3-4,9H,1-2,5-8H2. The van der Waals surface area contributed by atoms with E-state index in [0.717, 1.165) is 38.5 Å². The Morgan fingerprint density at radius 1 is 1.21 bits per heavy atom. The first-order valence-electron chi connectivity index (χ1n) is 4.92. The number of hydrogen-bond donors (Lipinski definition) is 0. The highest BCUT2D eigenvalue weighted by molar-refractivity contribution is 5.35. The molecule has 4 nitrogen and oxygen atoms in total. The lowest BCUT2D eigenvalue weighted by Crippen LogP contribution is -2.46. The minimum atomic E-state index is 0.897. The fourth-order valence-corrected chi connectivity index (χ4v) is 1.66. The van der Waals surface area contributed by atoms with Crippen molar-refractivity contribution in [2.24, 2.45) is 0 Å². The summed E-state index contributed by atoms with van der Waals surface area (Å²) in [6, 6.07) is 0. The molecule has 0 N–H and O–H groups in total. The van der Waals surface area contributed by atoms with Crippen molar-refractivity contribution in [1.29, 1.82) is 0 Å². The van der Waals surface area contributed by atoms with Gasteiger partial charge in [0.1, 0.15) is 5.82 Å². The molecule has 0 unspecified atom stereocenters. The number of aromatic nitrogens is 2. The predicted molar refractivity (Wildman–Crippen MR) is 56.0 cm³/mol. The van der Waals surface area contributed by atoms with E-state index in [2.05, 4.69) is 26.7 Å². The predicted octanol–water partition coefficient (Wildman–Crippen LogP) is 0.433. The molecule has 2 rings (SSSR count). The fraction of sp³-hybridized carbons (Fsp3) is 0.500. The molecule has 14 heavy (non-hydrogen) atoms. The van der Waals surface area contributed by atoms with Crippen LogP contribution in [0.4, 0.5) is 5.82 Å². The van der Waals surface area contributed by atoms with Crippen LogP contribution in [0, 0.1) is 6.92 Å². The SMILES string of the molecule is [CH2]CN1CCN(c2cnccn2)CC1. The molecule has 0 atom stereocenters. The third-order valence-corrected chi connectivity index (χ3v) is 2.56. The molecule has 0 amide bonds. The van der Waals surface area contributed by atoms with Crippen LogP contribution in [0.1, 0.15) is 0 Å². The van der Waals surface area contributed by atoms with Crippen LogP contribution in [-0.4, -0.2) is 47.6 Å². The molecule has 1 aromatic heterocycles. The zero-order chi connectivity index (χ0) is 9.80. The lowest BCUT2D eigenvalue weighted by atomic mass is 10.3. The van der Waals surface area contributed by atoms with E-state index in [0.29, 0.717) is 0 Å². The molecule has 1 radical (unpaired) electrons. The molecule has 1 aliphatic heterocycles. The second-order valence-electron chi connectivity index (χ2n) is 3.39. The molecule has 1 fully saturated rings. The maximum absolute atomic E-state index is 4.28. The maximum atomic E-state index is 4.28. The summed E-state index contributed by atoms with van der Waals surface area (Å²) in [4.78, 5) is 13.0. The first kappa shape index (κ1) is 9.40. The summed E-state index contributed by atoms with van der Waals surface area (Å²) in [7, 11) is 0. The molecule has 0 saturated carbocycles. The second-order valence-corrected chi connectivity index (χ2v) is 3.39. The zero-order valence-electron chi connectivity index (χ0n) is 8.26. The van der Waals surface area contributed by atoms with Gasteiger partial charge in [-0.1, -0.05) is 0 Å². The Labute approximate surface area is 84.6 Å². The fourth-order valence-electron chi connectivity index (χ4n) is 1.66. The van der Waals surface area contributed by atoms with E-state index in [9.17, 15) is 0 Å². The van der Waals surface area contributed by atoms with Gasteiger partial charge in [0.2, 0.25) is 0 Å². The summed E-state index contributed by atoms with van der Waals surface area (Å²) >= 11 is 0. The van der Waals surface area contributed by atoms with Gasteiger partial charge in [0.05, 0.1) is 6.20 Å². The van der Waals surface area contributed by atoms with Crippen molar-refractivity contribution in [3.63, 3.8) is 0 Å². The molecule has 0 aliphatic carbocycles. The summed E-state index contributed by atoms with van der Waals surface area (Å²) < 4.78 is 0. The highest BCUT2D eigenvalue weighted by Crippen LogP contribution is 2.10. The number of rotatable bonds is 2. The quantitative estimate of drug-likeness (QED) is 0.678. The van der Waals surface area contributed by atoms with Crippen LogP contribution < -0.4 is 4.90 Å².